The van der Waals surface area contributed by atoms with Crippen LogP contribution in [0, 0.1) is 0 Å². The summed E-state index contributed by atoms with van der Waals surface area (Å²) >= 11 is 0. The van der Waals surface area contributed by atoms with E-state index in [4.69, 9.17) is 18.9 Å². The minimum Gasteiger partial charge on any atom is -0.497 e. The van der Waals surface area contributed by atoms with E-state index in [-0.39, 0.29) is 12.3 Å². The average Bonchev–Trinajstić information content (AvgIpc) is 2.74. The van der Waals surface area contributed by atoms with Crippen molar-refractivity contribution in [1.29, 1.82) is 0 Å². The summed E-state index contributed by atoms with van der Waals surface area (Å²) < 4.78 is 21.4. The van der Waals surface area contributed by atoms with Gasteiger partial charge in [-0.3, -0.25) is 0 Å². The van der Waals surface area contributed by atoms with E-state index in [1.54, 1.807) is 77.9 Å². The van der Waals surface area contributed by atoms with Crippen LogP contribution in [0.2, 0.25) is 0 Å². The highest BCUT2D eigenvalue weighted by molar-refractivity contribution is 5.99. The van der Waals surface area contributed by atoms with E-state index in [0.717, 1.165) is 5.01 Å². The number of carbonyl (C=O) groups excluding carboxylic acids is 3. The number of rotatable bonds is 4. The summed E-state index contributed by atoms with van der Waals surface area (Å²) in [5.74, 6) is 0.517. The zero-order chi connectivity index (χ0) is 25.5. The molecule has 2 aromatic rings. The maximum Gasteiger partial charge on any atom is 0.440 e. The predicted molar refractivity (Wildman–Crippen MR) is 126 cm³/mol. The third-order valence-corrected chi connectivity index (χ3v) is 4.03. The number of methoxy groups -OCH3 is 1. The van der Waals surface area contributed by atoms with Crippen molar-refractivity contribution in [2.45, 2.75) is 59.4 Å². The molecule has 0 bridgehead atoms. The molecular formula is C25H32N2O7. The molecule has 0 N–H and O–H groups in total. The standard InChI is InChI=1S/C25H32N2O7/c1-24(2,3)33-22(29)26(19-13-15-20(31-7)16-14-19)27(23(30)34-25(4,5)6)21(28)32-17-18-11-9-8-10-12-18/h8-16H,17H2,1-7H3. The lowest BCUT2D eigenvalue weighted by atomic mass is 10.2. The Morgan fingerprint density at radius 2 is 1.26 bits per heavy atom. The molecule has 0 fully saturated rings. The van der Waals surface area contributed by atoms with Crippen LogP contribution in [0.3, 0.4) is 0 Å². The maximum absolute atomic E-state index is 13.2. The Hall–Kier alpha value is -3.75. The minimum atomic E-state index is -1.11. The summed E-state index contributed by atoms with van der Waals surface area (Å²) in [6.07, 6.45) is -3.19. The number of nitrogens with zero attached hydrogens (tertiary/aromatic N) is 2. The molecule has 0 atom stereocenters. The van der Waals surface area contributed by atoms with Crippen LogP contribution >= 0.6 is 0 Å². The fourth-order valence-corrected chi connectivity index (χ4v) is 2.65. The van der Waals surface area contributed by atoms with Crippen LogP contribution in [0.1, 0.15) is 47.1 Å². The van der Waals surface area contributed by atoms with Crippen molar-refractivity contribution in [3.05, 3.63) is 60.2 Å². The van der Waals surface area contributed by atoms with Crippen molar-refractivity contribution >= 4 is 24.0 Å². The lowest BCUT2D eigenvalue weighted by molar-refractivity contribution is 0.00993. The second-order valence-electron chi connectivity index (χ2n) is 9.32. The topological polar surface area (TPSA) is 94.6 Å². The van der Waals surface area contributed by atoms with Crippen molar-refractivity contribution in [2.24, 2.45) is 0 Å². The molecule has 34 heavy (non-hydrogen) atoms. The van der Waals surface area contributed by atoms with Gasteiger partial charge in [0.15, 0.2) is 0 Å². The van der Waals surface area contributed by atoms with Crippen molar-refractivity contribution in [3.8, 4) is 5.75 Å². The Balaban J connectivity index is 2.49. The number of ether oxygens (including phenoxy) is 4. The highest BCUT2D eigenvalue weighted by Gasteiger charge is 2.40. The van der Waals surface area contributed by atoms with Gasteiger partial charge in [0.25, 0.3) is 0 Å². The molecule has 0 aliphatic carbocycles. The van der Waals surface area contributed by atoms with Crippen LogP contribution in [-0.2, 0) is 20.8 Å². The molecule has 0 aliphatic rings. The van der Waals surface area contributed by atoms with Gasteiger partial charge in [-0.15, -0.1) is 5.01 Å². The lowest BCUT2D eigenvalue weighted by Crippen LogP contribution is -2.55. The molecule has 9 heteroatoms. The van der Waals surface area contributed by atoms with Crippen LogP contribution < -0.4 is 9.75 Å². The van der Waals surface area contributed by atoms with Crippen LogP contribution in [0.4, 0.5) is 20.1 Å². The largest absolute Gasteiger partial charge is 0.497 e. The van der Waals surface area contributed by atoms with Gasteiger partial charge in [-0.2, -0.15) is 5.01 Å². The van der Waals surface area contributed by atoms with Gasteiger partial charge in [0.05, 0.1) is 12.8 Å². The van der Waals surface area contributed by atoms with E-state index >= 15 is 0 Å². The van der Waals surface area contributed by atoms with E-state index in [1.807, 2.05) is 6.07 Å². The number of imide groups is 1. The molecule has 0 spiro atoms. The fourth-order valence-electron chi connectivity index (χ4n) is 2.65. The number of anilines is 1. The number of carbonyl (C=O) groups is 3. The lowest BCUT2D eigenvalue weighted by Gasteiger charge is -2.34. The van der Waals surface area contributed by atoms with Crippen molar-refractivity contribution in [2.75, 3.05) is 12.1 Å². The van der Waals surface area contributed by atoms with Gasteiger partial charge in [0.2, 0.25) is 0 Å². The quantitative estimate of drug-likeness (QED) is 0.402. The van der Waals surface area contributed by atoms with E-state index in [1.165, 1.54) is 19.2 Å². The van der Waals surface area contributed by atoms with E-state index < -0.39 is 29.5 Å². The molecule has 2 aromatic carbocycles. The van der Waals surface area contributed by atoms with Gasteiger partial charge < -0.3 is 18.9 Å². The molecular weight excluding hydrogens is 440 g/mol. The molecule has 0 unspecified atom stereocenters. The summed E-state index contributed by atoms with van der Waals surface area (Å²) in [7, 11) is 1.49. The molecule has 3 amide bonds. The Kier molecular flexibility index (Phi) is 8.51. The monoisotopic (exact) mass is 472 g/mol. The fraction of sp³-hybridized carbons (Fsp3) is 0.400. The Labute approximate surface area is 200 Å². The third kappa shape index (κ3) is 7.99. The highest BCUT2D eigenvalue weighted by Crippen LogP contribution is 2.26. The first-order chi connectivity index (χ1) is 15.8. The van der Waals surface area contributed by atoms with Crippen LogP contribution in [0.25, 0.3) is 0 Å². The highest BCUT2D eigenvalue weighted by atomic mass is 16.6. The molecule has 9 nitrogen and oxygen atoms in total. The van der Waals surface area contributed by atoms with Crippen molar-refractivity contribution in [3.63, 3.8) is 0 Å². The molecule has 184 valence electrons. The molecule has 0 heterocycles. The second-order valence-corrected chi connectivity index (χ2v) is 9.32. The second kappa shape index (κ2) is 10.9. The van der Waals surface area contributed by atoms with Gasteiger partial charge >= 0.3 is 18.3 Å². The molecule has 0 saturated carbocycles. The van der Waals surface area contributed by atoms with E-state index in [0.29, 0.717) is 16.3 Å². The zero-order valence-electron chi connectivity index (χ0n) is 20.7. The Morgan fingerprint density at radius 3 is 1.76 bits per heavy atom. The smallest absolute Gasteiger partial charge is 0.440 e. The first kappa shape index (κ1) is 26.5. The molecule has 2 rings (SSSR count). The minimum absolute atomic E-state index is 0.121. The number of hydrazine groups is 1. The normalized spacial score (nSPS) is 11.3. The molecule has 0 aromatic heterocycles. The van der Waals surface area contributed by atoms with Crippen molar-refractivity contribution in [1.82, 2.24) is 5.01 Å². The number of hydrogen-bond acceptors (Lipinski definition) is 7. The molecule has 0 saturated heterocycles. The van der Waals surface area contributed by atoms with E-state index in [2.05, 4.69) is 0 Å². The number of benzene rings is 2. The summed E-state index contributed by atoms with van der Waals surface area (Å²) in [5, 5.41) is 1.27. The predicted octanol–water partition coefficient (Wildman–Crippen LogP) is 5.93. The summed E-state index contributed by atoms with van der Waals surface area (Å²) in [4.78, 5) is 39.5. The summed E-state index contributed by atoms with van der Waals surface area (Å²) in [6.45, 7) is 9.81. The zero-order valence-corrected chi connectivity index (χ0v) is 20.7. The number of amides is 3. The summed E-state index contributed by atoms with van der Waals surface area (Å²) in [6, 6.07) is 15.1. The van der Waals surface area contributed by atoms with Crippen LogP contribution in [0.5, 0.6) is 5.75 Å². The van der Waals surface area contributed by atoms with Gasteiger partial charge in [-0.05, 0) is 71.4 Å². The average molecular weight is 473 g/mol. The molecule has 0 radical (unpaired) electrons. The van der Waals surface area contributed by atoms with Gasteiger partial charge in [-0.25, -0.2) is 14.4 Å². The van der Waals surface area contributed by atoms with Gasteiger partial charge in [0, 0.05) is 0 Å². The maximum atomic E-state index is 13.2. The first-order valence-electron chi connectivity index (χ1n) is 10.7. The Bertz CT molecular complexity index is 977. The first-order valence-corrected chi connectivity index (χ1v) is 10.7. The summed E-state index contributed by atoms with van der Waals surface area (Å²) in [5.41, 5.74) is -0.991. The van der Waals surface area contributed by atoms with Crippen molar-refractivity contribution < 1.29 is 33.3 Å². The van der Waals surface area contributed by atoms with Crippen LogP contribution in [-0.4, -0.2) is 41.6 Å². The third-order valence-electron chi connectivity index (χ3n) is 4.03. The van der Waals surface area contributed by atoms with Gasteiger partial charge in [0.1, 0.15) is 23.6 Å². The SMILES string of the molecule is COc1ccc(N(C(=O)OC(C)(C)C)N(C(=O)OCc2ccccc2)C(=O)OC(C)(C)C)cc1. The molecule has 0 aliphatic heterocycles. The Morgan fingerprint density at radius 1 is 0.735 bits per heavy atom. The number of hydrogen-bond donors (Lipinski definition) is 0. The van der Waals surface area contributed by atoms with E-state index in [9.17, 15) is 14.4 Å². The van der Waals surface area contributed by atoms with Crippen LogP contribution in [0.15, 0.2) is 54.6 Å². The van der Waals surface area contributed by atoms with Gasteiger partial charge in [-0.1, -0.05) is 30.3 Å².